The molecule has 0 amide bonds. The van der Waals surface area contributed by atoms with Crippen LogP contribution in [-0.2, 0) is 0 Å². The van der Waals surface area contributed by atoms with Gasteiger partial charge in [0.2, 0.25) is 0 Å². The summed E-state index contributed by atoms with van der Waals surface area (Å²) in [6.45, 7) is -0.518. The molecule has 0 rings (SSSR count). The Labute approximate surface area is 88.4 Å². The van der Waals surface area contributed by atoms with Gasteiger partial charge in [-0.05, 0) is 0 Å². The van der Waals surface area contributed by atoms with Crippen molar-refractivity contribution in [1.82, 2.24) is 0 Å². The van der Waals surface area contributed by atoms with Crippen LogP contribution in [0.5, 0.6) is 0 Å². The van der Waals surface area contributed by atoms with Crippen molar-refractivity contribution in [2.45, 2.75) is 17.0 Å². The second-order valence-electron chi connectivity index (χ2n) is 1.28. The predicted octanol–water partition coefficient (Wildman–Crippen LogP) is 2.43. The van der Waals surface area contributed by atoms with E-state index in [4.69, 9.17) is 0 Å². The van der Waals surface area contributed by atoms with E-state index >= 15 is 0 Å². The van der Waals surface area contributed by atoms with Crippen molar-refractivity contribution in [2.75, 3.05) is 6.67 Å². The molecule has 0 heterocycles. The standard InChI is InChI=1S/C4H7F2.2BrH.Sn/c1-4(6)2-3-5;;;/h4H,1-3H2;2*1H;. The zero-order valence-corrected chi connectivity index (χ0v) is 11.1. The van der Waals surface area contributed by atoms with Crippen LogP contribution in [-0.4, -0.2) is 35.4 Å². The fraction of sp³-hybridized carbons (Fsp3) is 1.00. The van der Waals surface area contributed by atoms with E-state index in [2.05, 4.69) is 0 Å². The molecule has 0 aromatic carbocycles. The van der Waals surface area contributed by atoms with Crippen LogP contribution in [0.2, 0.25) is 4.44 Å². The number of halogens is 4. The molecule has 1 atom stereocenters. The topological polar surface area (TPSA) is 0 Å². The number of hydrogen-bond donors (Lipinski definition) is 0. The Morgan fingerprint density at radius 2 is 1.78 bits per heavy atom. The van der Waals surface area contributed by atoms with E-state index in [1.165, 1.54) is 0 Å². The Morgan fingerprint density at radius 1 is 1.33 bits per heavy atom. The summed E-state index contributed by atoms with van der Waals surface area (Å²) in [4.78, 5) is 0. The molecule has 0 N–H and O–H groups in total. The first kappa shape index (κ1) is 16.9. The van der Waals surface area contributed by atoms with Gasteiger partial charge in [-0.2, -0.15) is 0 Å². The Kier molecular flexibility index (Phi) is 23.1. The van der Waals surface area contributed by atoms with Crippen LogP contribution in [0.15, 0.2) is 0 Å². The summed E-state index contributed by atoms with van der Waals surface area (Å²) in [5.74, 6) is 0. The minimum atomic E-state index is -0.886. The van der Waals surface area contributed by atoms with E-state index in [0.29, 0.717) is 4.44 Å². The molecule has 9 heavy (non-hydrogen) atoms. The molecule has 57 valence electrons. The third-order valence-electron chi connectivity index (χ3n) is 0.644. The van der Waals surface area contributed by atoms with E-state index in [0.717, 1.165) is 22.5 Å². The van der Waals surface area contributed by atoms with Crippen molar-refractivity contribution < 1.29 is 8.78 Å². The fourth-order valence-corrected chi connectivity index (χ4v) is 0.803. The van der Waals surface area contributed by atoms with Gasteiger partial charge >= 0.3 is 55.0 Å². The Morgan fingerprint density at radius 3 is 1.89 bits per heavy atom. The molecule has 0 fully saturated rings. The normalized spacial score (nSPS) is 11.0. The van der Waals surface area contributed by atoms with Crippen LogP contribution in [0.25, 0.3) is 0 Å². The van der Waals surface area contributed by atoms with Gasteiger partial charge in [-0.1, -0.05) is 0 Å². The van der Waals surface area contributed by atoms with Crippen molar-refractivity contribution in [3.05, 3.63) is 0 Å². The van der Waals surface area contributed by atoms with E-state index in [-0.39, 0.29) is 40.4 Å². The molecule has 0 aliphatic heterocycles. The minimum absolute atomic E-state index is 0. The molecule has 1 unspecified atom stereocenters. The molecular weight excluding hydrogens is 365 g/mol. The van der Waals surface area contributed by atoms with Gasteiger partial charge < -0.3 is 0 Å². The van der Waals surface area contributed by atoms with Gasteiger partial charge in [0.05, 0.1) is 0 Å². The number of rotatable bonds is 3. The summed E-state index contributed by atoms with van der Waals surface area (Å²) in [6, 6.07) is 0. The summed E-state index contributed by atoms with van der Waals surface area (Å²) in [6.07, 6.45) is -0.797. The average molecular weight is 374 g/mol. The number of alkyl halides is 2. The zero-order valence-electron chi connectivity index (χ0n) is 4.77. The first-order chi connectivity index (χ1) is 3.31. The first-order valence-corrected chi connectivity index (χ1v) is 4.17. The van der Waals surface area contributed by atoms with Gasteiger partial charge in [-0.15, -0.1) is 34.0 Å². The van der Waals surface area contributed by atoms with Crippen molar-refractivity contribution in [3.8, 4) is 0 Å². The molecule has 0 aromatic heterocycles. The van der Waals surface area contributed by atoms with Crippen molar-refractivity contribution in [2.24, 2.45) is 0 Å². The molecule has 3 radical (unpaired) electrons. The number of hydrogen-bond acceptors (Lipinski definition) is 0. The van der Waals surface area contributed by atoms with Crippen LogP contribution in [0.3, 0.4) is 0 Å². The zero-order chi connectivity index (χ0) is 5.70. The molecule has 0 nitrogen and oxygen atoms in total. The molecule has 0 aliphatic carbocycles. The first-order valence-electron chi connectivity index (χ1n) is 2.16. The maximum absolute atomic E-state index is 11.9. The van der Waals surface area contributed by atoms with Crippen molar-refractivity contribution in [1.29, 1.82) is 0 Å². The van der Waals surface area contributed by atoms with Gasteiger partial charge in [0.25, 0.3) is 0 Å². The summed E-state index contributed by atoms with van der Waals surface area (Å²) < 4.78 is 23.6. The van der Waals surface area contributed by atoms with Gasteiger partial charge in [0.15, 0.2) is 0 Å². The molecule has 0 aromatic rings. The van der Waals surface area contributed by atoms with E-state index < -0.39 is 12.8 Å². The molecule has 0 saturated heterocycles. The monoisotopic (exact) mass is 373 g/mol. The Balaban J connectivity index is -0.000000180. The van der Waals surface area contributed by atoms with Crippen LogP contribution in [0.4, 0.5) is 8.78 Å². The molecule has 5 heteroatoms. The fourth-order valence-electron chi connectivity index (χ4n) is 0.220. The van der Waals surface area contributed by atoms with Crippen LogP contribution >= 0.6 is 34.0 Å². The third-order valence-corrected chi connectivity index (χ3v) is 1.91. The second-order valence-corrected chi connectivity index (χ2v) is 2.44. The third kappa shape index (κ3) is 12.7. The average Bonchev–Trinajstić information content (AvgIpc) is 1.68. The maximum atomic E-state index is 11.9. The SMILES string of the molecule is Br.Br.FCCC(F)[CH2][Sn]. The molecule has 0 bridgehead atoms. The van der Waals surface area contributed by atoms with E-state index in [1.807, 2.05) is 0 Å². The Bertz CT molecular complexity index is 47.5. The van der Waals surface area contributed by atoms with Gasteiger partial charge in [0.1, 0.15) is 0 Å². The van der Waals surface area contributed by atoms with Crippen LogP contribution < -0.4 is 0 Å². The van der Waals surface area contributed by atoms with Gasteiger partial charge in [-0.3, -0.25) is 0 Å². The van der Waals surface area contributed by atoms with Gasteiger partial charge in [0, 0.05) is 0 Å². The summed E-state index contributed by atoms with van der Waals surface area (Å²) in [7, 11) is 0. The molecular formula is C4H9Br2F2Sn. The van der Waals surface area contributed by atoms with Crippen LogP contribution in [0.1, 0.15) is 6.42 Å². The molecule has 0 spiro atoms. The summed E-state index contributed by atoms with van der Waals surface area (Å²) in [5.41, 5.74) is 0. The van der Waals surface area contributed by atoms with Crippen LogP contribution in [0, 0.1) is 0 Å². The second kappa shape index (κ2) is 12.3. The Hall–Kier alpha value is 1.62. The molecule has 0 aliphatic rings. The summed E-state index contributed by atoms with van der Waals surface area (Å²) >= 11 is 1.15. The van der Waals surface area contributed by atoms with Gasteiger partial charge in [-0.25, -0.2) is 0 Å². The van der Waals surface area contributed by atoms with E-state index in [1.54, 1.807) is 0 Å². The molecule has 0 saturated carbocycles. The summed E-state index contributed by atoms with van der Waals surface area (Å²) in [5, 5.41) is 0. The predicted molar refractivity (Wildman–Crippen MR) is 46.7 cm³/mol. The quantitative estimate of drug-likeness (QED) is 0.667. The van der Waals surface area contributed by atoms with Crippen molar-refractivity contribution >= 4 is 56.5 Å². The van der Waals surface area contributed by atoms with Crippen molar-refractivity contribution in [3.63, 3.8) is 0 Å². The van der Waals surface area contributed by atoms with E-state index in [9.17, 15) is 8.78 Å².